The molecule has 0 unspecified atom stereocenters. The zero-order valence-corrected chi connectivity index (χ0v) is 12.4. The van der Waals surface area contributed by atoms with Crippen molar-refractivity contribution in [3.8, 4) is 17.1 Å². The summed E-state index contributed by atoms with van der Waals surface area (Å²) in [6.45, 7) is 0. The van der Waals surface area contributed by atoms with Crippen LogP contribution in [0.3, 0.4) is 0 Å². The van der Waals surface area contributed by atoms with Crippen LogP contribution in [0.4, 0.5) is 0 Å². The van der Waals surface area contributed by atoms with Gasteiger partial charge >= 0.3 is 5.97 Å². The summed E-state index contributed by atoms with van der Waals surface area (Å²) in [5.74, 6) is 0.597. The van der Waals surface area contributed by atoms with Crippen LogP contribution >= 0.6 is 15.9 Å². The molecule has 0 fully saturated rings. The first kappa shape index (κ1) is 14.3. The monoisotopic (exact) mass is 338 g/mol. The highest BCUT2D eigenvalue weighted by atomic mass is 79.9. The van der Waals surface area contributed by atoms with Gasteiger partial charge in [0.15, 0.2) is 12.0 Å². The molecule has 20 heavy (non-hydrogen) atoms. The van der Waals surface area contributed by atoms with Gasteiger partial charge < -0.3 is 13.9 Å². The van der Waals surface area contributed by atoms with Gasteiger partial charge in [-0.15, -0.1) is 0 Å². The number of ether oxygens (including phenoxy) is 2. The molecule has 1 heterocycles. The summed E-state index contributed by atoms with van der Waals surface area (Å²) in [5, 5.41) is 0. The maximum atomic E-state index is 11.8. The topological polar surface area (TPSA) is 65.7 Å². The van der Waals surface area contributed by atoms with Gasteiger partial charge in [0.25, 0.3) is 0 Å². The number of furan rings is 1. The lowest BCUT2D eigenvalue weighted by Crippen LogP contribution is -2.04. The van der Waals surface area contributed by atoms with Gasteiger partial charge in [0.05, 0.1) is 24.3 Å². The average Bonchev–Trinajstić information content (AvgIpc) is 2.94. The highest BCUT2D eigenvalue weighted by Crippen LogP contribution is 2.35. The van der Waals surface area contributed by atoms with Crippen LogP contribution in [-0.2, 0) is 4.74 Å². The number of halogens is 1. The van der Waals surface area contributed by atoms with E-state index in [0.717, 1.165) is 0 Å². The number of hydrogen-bond acceptors (Lipinski definition) is 5. The molecule has 0 aliphatic carbocycles. The SMILES string of the molecule is COC(=O)c1cc(Br)c(OC)cc1-c1ccc(C=O)o1. The predicted octanol–water partition coefficient (Wildman–Crippen LogP) is 3.32. The maximum Gasteiger partial charge on any atom is 0.338 e. The molecular weight excluding hydrogens is 328 g/mol. The summed E-state index contributed by atoms with van der Waals surface area (Å²) in [6, 6.07) is 6.36. The molecule has 1 aromatic carbocycles. The Morgan fingerprint density at radius 2 is 2.05 bits per heavy atom. The summed E-state index contributed by atoms with van der Waals surface area (Å²) in [5.41, 5.74) is 0.803. The third kappa shape index (κ3) is 2.60. The second kappa shape index (κ2) is 5.92. The van der Waals surface area contributed by atoms with E-state index in [1.54, 1.807) is 18.2 Å². The summed E-state index contributed by atoms with van der Waals surface area (Å²) in [6.07, 6.45) is 0.595. The summed E-state index contributed by atoms with van der Waals surface area (Å²) in [7, 11) is 2.81. The van der Waals surface area contributed by atoms with Gasteiger partial charge in [-0.25, -0.2) is 4.79 Å². The van der Waals surface area contributed by atoms with Gasteiger partial charge in [-0.05, 0) is 40.2 Å². The van der Waals surface area contributed by atoms with Crippen LogP contribution in [0.2, 0.25) is 0 Å². The van der Waals surface area contributed by atoms with E-state index in [-0.39, 0.29) is 5.76 Å². The lowest BCUT2D eigenvalue weighted by molar-refractivity contribution is 0.0601. The Morgan fingerprint density at radius 1 is 1.30 bits per heavy atom. The smallest absolute Gasteiger partial charge is 0.338 e. The number of carbonyl (C=O) groups excluding carboxylic acids is 2. The van der Waals surface area contributed by atoms with Gasteiger partial charge in [-0.1, -0.05) is 0 Å². The van der Waals surface area contributed by atoms with Crippen molar-refractivity contribution in [1.29, 1.82) is 0 Å². The van der Waals surface area contributed by atoms with Crippen LogP contribution in [-0.4, -0.2) is 26.5 Å². The molecule has 2 rings (SSSR count). The van der Waals surface area contributed by atoms with E-state index in [1.165, 1.54) is 20.3 Å². The fourth-order valence-electron chi connectivity index (χ4n) is 1.75. The molecule has 0 radical (unpaired) electrons. The van der Waals surface area contributed by atoms with E-state index in [9.17, 15) is 9.59 Å². The van der Waals surface area contributed by atoms with Gasteiger partial charge in [0.1, 0.15) is 11.5 Å². The van der Waals surface area contributed by atoms with Crippen LogP contribution in [0.15, 0.2) is 33.2 Å². The van der Waals surface area contributed by atoms with Crippen molar-refractivity contribution >= 4 is 28.2 Å². The number of methoxy groups -OCH3 is 2. The van der Waals surface area contributed by atoms with Crippen molar-refractivity contribution in [1.82, 2.24) is 0 Å². The van der Waals surface area contributed by atoms with E-state index in [0.29, 0.717) is 33.4 Å². The Morgan fingerprint density at radius 3 is 2.60 bits per heavy atom. The van der Waals surface area contributed by atoms with Crippen molar-refractivity contribution in [3.05, 3.63) is 40.1 Å². The van der Waals surface area contributed by atoms with Gasteiger partial charge in [0.2, 0.25) is 0 Å². The van der Waals surface area contributed by atoms with Gasteiger partial charge in [-0.2, -0.15) is 0 Å². The molecule has 1 aromatic heterocycles. The van der Waals surface area contributed by atoms with Crippen LogP contribution in [0, 0.1) is 0 Å². The van der Waals surface area contributed by atoms with E-state index in [2.05, 4.69) is 15.9 Å². The number of esters is 1. The van der Waals surface area contributed by atoms with Gasteiger partial charge in [0, 0.05) is 5.56 Å². The second-order valence-electron chi connectivity index (χ2n) is 3.84. The van der Waals surface area contributed by atoms with Crippen LogP contribution in [0.25, 0.3) is 11.3 Å². The van der Waals surface area contributed by atoms with E-state index < -0.39 is 5.97 Å². The van der Waals surface area contributed by atoms with Crippen molar-refractivity contribution in [3.63, 3.8) is 0 Å². The number of hydrogen-bond donors (Lipinski definition) is 0. The number of carbonyl (C=O) groups is 2. The minimum absolute atomic E-state index is 0.178. The largest absolute Gasteiger partial charge is 0.496 e. The van der Waals surface area contributed by atoms with E-state index >= 15 is 0 Å². The fourth-order valence-corrected chi connectivity index (χ4v) is 2.26. The molecular formula is C14H11BrO5. The quantitative estimate of drug-likeness (QED) is 0.632. The van der Waals surface area contributed by atoms with Crippen LogP contribution in [0.1, 0.15) is 20.9 Å². The highest BCUT2D eigenvalue weighted by Gasteiger charge is 2.19. The summed E-state index contributed by atoms with van der Waals surface area (Å²) >= 11 is 3.31. The zero-order chi connectivity index (χ0) is 14.7. The Labute approximate surface area is 123 Å². The summed E-state index contributed by atoms with van der Waals surface area (Å²) in [4.78, 5) is 22.5. The van der Waals surface area contributed by atoms with Crippen LogP contribution < -0.4 is 4.74 Å². The zero-order valence-electron chi connectivity index (χ0n) is 10.8. The molecule has 0 N–H and O–H groups in total. The molecule has 0 aliphatic rings. The number of benzene rings is 1. The average molecular weight is 339 g/mol. The molecule has 0 spiro atoms. The van der Waals surface area contributed by atoms with Gasteiger partial charge in [-0.3, -0.25) is 4.79 Å². The molecule has 2 aromatic rings. The van der Waals surface area contributed by atoms with Crippen molar-refractivity contribution in [2.24, 2.45) is 0 Å². The molecule has 5 nitrogen and oxygen atoms in total. The highest BCUT2D eigenvalue weighted by molar-refractivity contribution is 9.10. The molecule has 0 bridgehead atoms. The van der Waals surface area contributed by atoms with Crippen molar-refractivity contribution in [2.45, 2.75) is 0 Å². The molecule has 0 saturated carbocycles. The normalized spacial score (nSPS) is 10.2. The standard InChI is InChI=1S/C14H11BrO5/c1-18-13-6-9(12-4-3-8(7-16)20-12)10(5-11(13)15)14(17)19-2/h3-7H,1-2H3. The lowest BCUT2D eigenvalue weighted by Gasteiger charge is -2.10. The third-order valence-corrected chi connectivity index (χ3v) is 3.33. The van der Waals surface area contributed by atoms with Crippen molar-refractivity contribution in [2.75, 3.05) is 14.2 Å². The molecule has 0 aliphatic heterocycles. The van der Waals surface area contributed by atoms with E-state index in [1.807, 2.05) is 0 Å². The predicted molar refractivity (Wildman–Crippen MR) is 75.1 cm³/mol. The maximum absolute atomic E-state index is 11.8. The lowest BCUT2D eigenvalue weighted by atomic mass is 10.0. The second-order valence-corrected chi connectivity index (χ2v) is 4.70. The molecule has 0 saturated heterocycles. The molecule has 104 valence electrons. The minimum Gasteiger partial charge on any atom is -0.496 e. The Balaban J connectivity index is 2.64. The minimum atomic E-state index is -0.507. The Kier molecular flexibility index (Phi) is 4.24. The molecule has 6 heteroatoms. The first-order valence-electron chi connectivity index (χ1n) is 5.62. The van der Waals surface area contributed by atoms with Crippen molar-refractivity contribution < 1.29 is 23.5 Å². The number of aldehydes is 1. The summed E-state index contributed by atoms with van der Waals surface area (Å²) < 4.78 is 15.9. The first-order chi connectivity index (χ1) is 9.60. The van der Waals surface area contributed by atoms with Crippen LogP contribution in [0.5, 0.6) is 5.75 Å². The van der Waals surface area contributed by atoms with E-state index in [4.69, 9.17) is 13.9 Å². The third-order valence-electron chi connectivity index (χ3n) is 2.71. The fraction of sp³-hybridized carbons (Fsp3) is 0.143. The Bertz CT molecular complexity index is 660. The molecule has 0 amide bonds. The Hall–Kier alpha value is -2.08. The molecule has 0 atom stereocenters. The number of rotatable bonds is 4. The first-order valence-corrected chi connectivity index (χ1v) is 6.41.